The van der Waals surface area contributed by atoms with Crippen LogP contribution < -0.4 is 10.7 Å². The molecular weight excluding hydrogens is 378 g/mol. The first-order valence-corrected chi connectivity index (χ1v) is 8.73. The van der Waals surface area contributed by atoms with Crippen molar-refractivity contribution >= 4 is 28.2 Å². The van der Waals surface area contributed by atoms with E-state index in [-0.39, 0.29) is 16.6 Å². The smallest absolute Gasteiger partial charge is 0.341 e. The minimum atomic E-state index is -1.44. The molecule has 5 rings (SSSR count). The first kappa shape index (κ1) is 17.1. The van der Waals surface area contributed by atoms with Crippen LogP contribution >= 0.6 is 0 Å². The van der Waals surface area contributed by atoms with E-state index in [2.05, 4.69) is 5.32 Å². The summed E-state index contributed by atoms with van der Waals surface area (Å²) in [6.07, 6.45) is 1.16. The molecule has 3 aromatic carbocycles. The summed E-state index contributed by atoms with van der Waals surface area (Å²) in [4.78, 5) is 24.2. The number of halogens is 2. The van der Waals surface area contributed by atoms with Crippen LogP contribution in [0.4, 0.5) is 20.2 Å². The molecule has 0 bridgehead atoms. The zero-order valence-corrected chi connectivity index (χ0v) is 14.7. The molecular formula is C22H12F2N2O3. The molecule has 0 amide bonds. The summed E-state index contributed by atoms with van der Waals surface area (Å²) in [5, 5.41) is 12.1. The standard InChI is InChI=1S/C22H12F2N2O3/c23-15-9-13-20-19(18(15)24)25-16-7-6-12(11-4-2-1-3-5-11)8-17(16)26(20)10-14(21(13)27)22(28)29/h1-10,25H,(H,28,29). The van der Waals surface area contributed by atoms with Crippen molar-refractivity contribution in [3.8, 4) is 16.8 Å². The SMILES string of the molecule is O=C(O)c1cn2c3c(c(F)c(F)cc3c1=O)Nc1ccc(-c3ccccc3)cc1-2. The first-order valence-electron chi connectivity index (χ1n) is 8.73. The second kappa shape index (κ2) is 6.00. The van der Waals surface area contributed by atoms with Crippen molar-refractivity contribution < 1.29 is 18.7 Å². The monoisotopic (exact) mass is 390 g/mol. The Morgan fingerprint density at radius 3 is 2.48 bits per heavy atom. The molecule has 0 spiro atoms. The van der Waals surface area contributed by atoms with E-state index in [1.54, 1.807) is 12.1 Å². The molecule has 4 aromatic rings. The topological polar surface area (TPSA) is 71.3 Å². The van der Waals surface area contributed by atoms with Crippen molar-refractivity contribution in [2.45, 2.75) is 0 Å². The van der Waals surface area contributed by atoms with Gasteiger partial charge in [0, 0.05) is 6.20 Å². The van der Waals surface area contributed by atoms with E-state index in [0.717, 1.165) is 23.4 Å². The molecule has 29 heavy (non-hydrogen) atoms. The Balaban J connectivity index is 1.90. The fraction of sp³-hybridized carbons (Fsp3) is 0. The van der Waals surface area contributed by atoms with Crippen molar-refractivity contribution in [3.05, 3.63) is 88.2 Å². The number of hydrogen-bond acceptors (Lipinski definition) is 3. The number of hydrogen-bond donors (Lipinski definition) is 2. The normalized spacial score (nSPS) is 11.8. The Bertz CT molecular complexity index is 1400. The molecule has 0 aliphatic carbocycles. The Kier molecular flexibility index (Phi) is 3.54. The Morgan fingerprint density at radius 1 is 1.00 bits per heavy atom. The van der Waals surface area contributed by atoms with Gasteiger partial charge in [0.25, 0.3) is 0 Å². The van der Waals surface area contributed by atoms with Gasteiger partial charge in [0.2, 0.25) is 5.43 Å². The molecule has 7 heteroatoms. The molecule has 5 nitrogen and oxygen atoms in total. The van der Waals surface area contributed by atoms with Crippen molar-refractivity contribution in [1.82, 2.24) is 4.57 Å². The number of carbonyl (C=O) groups is 1. The number of nitrogens with zero attached hydrogens (tertiary/aromatic N) is 1. The zero-order valence-electron chi connectivity index (χ0n) is 14.7. The number of nitrogens with one attached hydrogen (secondary N) is 1. The van der Waals surface area contributed by atoms with Gasteiger partial charge in [-0.3, -0.25) is 4.79 Å². The van der Waals surface area contributed by atoms with Crippen LogP contribution in [0.1, 0.15) is 10.4 Å². The van der Waals surface area contributed by atoms with Crippen LogP contribution in [-0.4, -0.2) is 15.6 Å². The predicted molar refractivity (Wildman–Crippen MR) is 105 cm³/mol. The quantitative estimate of drug-likeness (QED) is 0.459. The number of carboxylic acid groups (broad SMARTS) is 1. The van der Waals surface area contributed by atoms with E-state index in [9.17, 15) is 23.5 Å². The third-order valence-corrected chi connectivity index (χ3v) is 5.03. The molecule has 1 aliphatic heterocycles. The number of aromatic carboxylic acids is 1. The van der Waals surface area contributed by atoms with Gasteiger partial charge in [-0.25, -0.2) is 13.6 Å². The summed E-state index contributed by atoms with van der Waals surface area (Å²) in [7, 11) is 0. The Hall–Kier alpha value is -4.00. The van der Waals surface area contributed by atoms with Gasteiger partial charge in [0.15, 0.2) is 11.6 Å². The van der Waals surface area contributed by atoms with E-state index in [1.165, 1.54) is 4.57 Å². The van der Waals surface area contributed by atoms with Crippen LogP contribution in [-0.2, 0) is 0 Å². The maximum absolute atomic E-state index is 14.5. The average Bonchev–Trinajstić information content (AvgIpc) is 2.73. The van der Waals surface area contributed by atoms with Crippen molar-refractivity contribution in [2.24, 2.45) is 0 Å². The summed E-state index contributed by atoms with van der Waals surface area (Å²) in [6, 6.07) is 15.6. The molecule has 0 unspecified atom stereocenters. The molecule has 1 aliphatic rings. The van der Waals surface area contributed by atoms with Crippen molar-refractivity contribution in [1.29, 1.82) is 0 Å². The molecule has 0 radical (unpaired) electrons. The summed E-state index contributed by atoms with van der Waals surface area (Å²) in [5.41, 5.74) is 1.27. The second-order valence-corrected chi connectivity index (χ2v) is 6.71. The van der Waals surface area contributed by atoms with Gasteiger partial charge in [-0.2, -0.15) is 0 Å². The highest BCUT2D eigenvalue weighted by atomic mass is 19.2. The molecule has 2 heterocycles. The van der Waals surface area contributed by atoms with Gasteiger partial charge >= 0.3 is 5.97 Å². The minimum Gasteiger partial charge on any atom is -0.477 e. The third-order valence-electron chi connectivity index (χ3n) is 5.03. The summed E-state index contributed by atoms with van der Waals surface area (Å²) < 4.78 is 30.0. The van der Waals surface area contributed by atoms with E-state index < -0.39 is 28.6 Å². The molecule has 1 aromatic heterocycles. The van der Waals surface area contributed by atoms with Gasteiger partial charge in [0.05, 0.1) is 22.3 Å². The molecule has 0 atom stereocenters. The van der Waals surface area contributed by atoms with E-state index in [1.807, 2.05) is 36.4 Å². The van der Waals surface area contributed by atoms with Crippen LogP contribution in [0.3, 0.4) is 0 Å². The van der Waals surface area contributed by atoms with Gasteiger partial charge in [0.1, 0.15) is 11.3 Å². The molecule has 0 saturated carbocycles. The molecule has 0 fully saturated rings. The third kappa shape index (κ3) is 2.44. The number of carboxylic acids is 1. The number of anilines is 2. The number of benzene rings is 3. The predicted octanol–water partition coefficient (Wildman–Crippen LogP) is 4.69. The van der Waals surface area contributed by atoms with Gasteiger partial charge in [-0.1, -0.05) is 36.4 Å². The van der Waals surface area contributed by atoms with E-state index in [4.69, 9.17) is 0 Å². The highest BCUT2D eigenvalue weighted by Crippen LogP contribution is 2.40. The number of rotatable bonds is 2. The van der Waals surface area contributed by atoms with E-state index >= 15 is 0 Å². The highest BCUT2D eigenvalue weighted by Gasteiger charge is 2.27. The molecule has 142 valence electrons. The van der Waals surface area contributed by atoms with Crippen LogP contribution in [0, 0.1) is 11.6 Å². The lowest BCUT2D eigenvalue weighted by atomic mass is 10.0. The number of pyridine rings is 1. The largest absolute Gasteiger partial charge is 0.477 e. The van der Waals surface area contributed by atoms with Crippen LogP contribution in [0.15, 0.2) is 65.6 Å². The summed E-state index contributed by atoms with van der Waals surface area (Å²) >= 11 is 0. The maximum atomic E-state index is 14.5. The van der Waals surface area contributed by atoms with Crippen molar-refractivity contribution in [2.75, 3.05) is 5.32 Å². The summed E-state index contributed by atoms with van der Waals surface area (Å²) in [5.74, 6) is -3.80. The number of fused-ring (bicyclic) bond motifs is 2. The van der Waals surface area contributed by atoms with Gasteiger partial charge in [-0.05, 0) is 29.3 Å². The maximum Gasteiger partial charge on any atom is 0.341 e. The fourth-order valence-electron chi connectivity index (χ4n) is 3.68. The van der Waals surface area contributed by atoms with Gasteiger partial charge in [-0.15, -0.1) is 0 Å². The second-order valence-electron chi connectivity index (χ2n) is 6.71. The highest BCUT2D eigenvalue weighted by molar-refractivity contribution is 6.01. The minimum absolute atomic E-state index is 0.0941. The Morgan fingerprint density at radius 2 is 1.76 bits per heavy atom. The number of aromatic nitrogens is 1. The van der Waals surface area contributed by atoms with Crippen LogP contribution in [0.2, 0.25) is 0 Å². The lowest BCUT2D eigenvalue weighted by Gasteiger charge is -2.25. The first-order chi connectivity index (χ1) is 14.0. The molecule has 2 N–H and O–H groups in total. The summed E-state index contributed by atoms with van der Waals surface area (Å²) in [6.45, 7) is 0. The van der Waals surface area contributed by atoms with Gasteiger partial charge < -0.3 is 15.0 Å². The van der Waals surface area contributed by atoms with Crippen LogP contribution in [0.25, 0.3) is 27.7 Å². The van der Waals surface area contributed by atoms with E-state index in [0.29, 0.717) is 11.4 Å². The lowest BCUT2D eigenvalue weighted by molar-refractivity contribution is 0.0695. The van der Waals surface area contributed by atoms with Crippen LogP contribution in [0.5, 0.6) is 0 Å². The fourth-order valence-corrected chi connectivity index (χ4v) is 3.68. The lowest BCUT2D eigenvalue weighted by Crippen LogP contribution is -2.22. The average molecular weight is 390 g/mol. The Labute approximate surface area is 162 Å². The zero-order chi connectivity index (χ0) is 20.3. The van der Waals surface area contributed by atoms with Crippen molar-refractivity contribution in [3.63, 3.8) is 0 Å². The molecule has 0 saturated heterocycles.